The second-order valence-electron chi connectivity index (χ2n) is 5.41. The van der Waals surface area contributed by atoms with Crippen LogP contribution in [-0.2, 0) is 11.4 Å². The van der Waals surface area contributed by atoms with Gasteiger partial charge in [-0.2, -0.15) is 0 Å². The molecule has 4 rings (SSSR count). The molecule has 1 aliphatic heterocycles. The molecule has 0 fully saturated rings. The van der Waals surface area contributed by atoms with Gasteiger partial charge in [0.1, 0.15) is 6.61 Å². The fourth-order valence-corrected chi connectivity index (χ4v) is 2.75. The number of hydrogen-bond acceptors (Lipinski definition) is 3. The van der Waals surface area contributed by atoms with Crippen molar-refractivity contribution in [3.05, 3.63) is 83.4 Å². The highest BCUT2D eigenvalue weighted by Gasteiger charge is 2.36. The molecule has 0 aliphatic carbocycles. The van der Waals surface area contributed by atoms with Gasteiger partial charge < -0.3 is 0 Å². The maximum atomic E-state index is 12.2. The fraction of sp³-hybridized carbons (Fsp3) is 0.0526. The first kappa shape index (κ1) is 13.7. The third-order valence-corrected chi connectivity index (χ3v) is 3.93. The van der Waals surface area contributed by atoms with E-state index < -0.39 is 11.8 Å². The van der Waals surface area contributed by atoms with Crippen LogP contribution >= 0.6 is 0 Å². The molecule has 1 aliphatic rings. The van der Waals surface area contributed by atoms with Gasteiger partial charge in [-0.1, -0.05) is 48.5 Å². The highest BCUT2D eigenvalue weighted by molar-refractivity contribution is 6.20. The van der Waals surface area contributed by atoms with E-state index in [1.54, 1.807) is 24.3 Å². The molecule has 2 amide bonds. The molecule has 0 saturated heterocycles. The Morgan fingerprint density at radius 1 is 0.739 bits per heavy atom. The van der Waals surface area contributed by atoms with E-state index in [1.807, 2.05) is 42.5 Å². The Labute approximate surface area is 132 Å². The molecule has 4 nitrogen and oxygen atoms in total. The number of benzene rings is 3. The molecule has 23 heavy (non-hydrogen) atoms. The second kappa shape index (κ2) is 5.34. The minimum absolute atomic E-state index is 0.163. The molecule has 0 radical (unpaired) electrons. The van der Waals surface area contributed by atoms with Gasteiger partial charge in [0, 0.05) is 0 Å². The van der Waals surface area contributed by atoms with Crippen LogP contribution in [0, 0.1) is 0 Å². The van der Waals surface area contributed by atoms with Gasteiger partial charge in [0.15, 0.2) is 0 Å². The average Bonchev–Trinajstić information content (AvgIpc) is 2.84. The standard InChI is InChI=1S/C19H13NO3/c21-18-16-7-3-4-8-17(16)19(22)20(18)23-12-13-9-10-14-5-1-2-6-15(14)11-13/h1-11H,12H2. The Hall–Kier alpha value is -2.98. The number of fused-ring (bicyclic) bond motifs is 2. The summed E-state index contributed by atoms with van der Waals surface area (Å²) in [6, 6.07) is 20.7. The summed E-state index contributed by atoms with van der Waals surface area (Å²) in [5.41, 5.74) is 1.67. The van der Waals surface area contributed by atoms with Gasteiger partial charge in [-0.3, -0.25) is 14.4 Å². The molecule has 0 spiro atoms. The van der Waals surface area contributed by atoms with Gasteiger partial charge >= 0.3 is 0 Å². The molecular weight excluding hydrogens is 290 g/mol. The first-order chi connectivity index (χ1) is 11.2. The van der Waals surface area contributed by atoms with Gasteiger partial charge in [-0.15, -0.1) is 5.06 Å². The van der Waals surface area contributed by atoms with Crippen molar-refractivity contribution in [2.45, 2.75) is 6.61 Å². The van der Waals surface area contributed by atoms with Crippen LogP contribution in [0.15, 0.2) is 66.7 Å². The largest absolute Gasteiger partial charge is 0.285 e. The molecule has 3 aromatic carbocycles. The lowest BCUT2D eigenvalue weighted by atomic mass is 10.1. The van der Waals surface area contributed by atoms with E-state index in [-0.39, 0.29) is 6.61 Å². The summed E-state index contributed by atoms with van der Waals surface area (Å²) in [5.74, 6) is -0.822. The van der Waals surface area contributed by atoms with E-state index in [9.17, 15) is 9.59 Å². The molecule has 112 valence electrons. The van der Waals surface area contributed by atoms with Crippen LogP contribution < -0.4 is 0 Å². The molecule has 0 atom stereocenters. The number of imide groups is 1. The summed E-state index contributed by atoms with van der Waals surface area (Å²) in [6.45, 7) is 0.163. The van der Waals surface area contributed by atoms with Gasteiger partial charge in [0.25, 0.3) is 11.8 Å². The molecular formula is C19H13NO3. The van der Waals surface area contributed by atoms with Crippen molar-refractivity contribution in [1.82, 2.24) is 5.06 Å². The molecule has 1 heterocycles. The average molecular weight is 303 g/mol. The zero-order chi connectivity index (χ0) is 15.8. The third kappa shape index (κ3) is 2.29. The normalized spacial score (nSPS) is 13.7. The summed E-state index contributed by atoms with van der Waals surface area (Å²) < 4.78 is 0. The zero-order valence-corrected chi connectivity index (χ0v) is 12.2. The van der Waals surface area contributed by atoms with Crippen molar-refractivity contribution < 1.29 is 14.4 Å². The lowest BCUT2D eigenvalue weighted by molar-refractivity contribution is -0.101. The van der Waals surface area contributed by atoms with E-state index in [2.05, 4.69) is 0 Å². The number of carbonyl (C=O) groups is 2. The van der Waals surface area contributed by atoms with Crippen LogP contribution in [0.3, 0.4) is 0 Å². The van der Waals surface area contributed by atoms with Gasteiger partial charge in [-0.05, 0) is 34.5 Å². The van der Waals surface area contributed by atoms with Crippen molar-refractivity contribution in [2.75, 3.05) is 0 Å². The molecule has 0 N–H and O–H groups in total. The van der Waals surface area contributed by atoms with Crippen LogP contribution in [0.25, 0.3) is 10.8 Å². The molecule has 4 heteroatoms. The predicted octanol–water partition coefficient (Wildman–Crippen LogP) is 3.57. The van der Waals surface area contributed by atoms with E-state index in [0.29, 0.717) is 11.1 Å². The minimum atomic E-state index is -0.411. The number of amides is 2. The van der Waals surface area contributed by atoms with Gasteiger partial charge in [-0.25, -0.2) is 0 Å². The monoisotopic (exact) mass is 303 g/mol. The van der Waals surface area contributed by atoms with Crippen LogP contribution in [0.1, 0.15) is 26.3 Å². The molecule has 3 aromatic rings. The highest BCUT2D eigenvalue weighted by atomic mass is 16.7. The van der Waals surface area contributed by atoms with Crippen LogP contribution in [0.2, 0.25) is 0 Å². The summed E-state index contributed by atoms with van der Waals surface area (Å²) in [7, 11) is 0. The Kier molecular flexibility index (Phi) is 3.17. The van der Waals surface area contributed by atoms with Crippen LogP contribution in [0.4, 0.5) is 0 Å². The van der Waals surface area contributed by atoms with Crippen molar-refractivity contribution >= 4 is 22.6 Å². The molecule has 0 saturated carbocycles. The zero-order valence-electron chi connectivity index (χ0n) is 12.2. The fourth-order valence-electron chi connectivity index (χ4n) is 2.75. The summed E-state index contributed by atoms with van der Waals surface area (Å²) in [4.78, 5) is 29.9. The van der Waals surface area contributed by atoms with Gasteiger partial charge in [0.05, 0.1) is 11.1 Å². The lowest BCUT2D eigenvalue weighted by Gasteiger charge is -2.13. The van der Waals surface area contributed by atoms with Crippen molar-refractivity contribution in [1.29, 1.82) is 0 Å². The number of carbonyl (C=O) groups excluding carboxylic acids is 2. The maximum absolute atomic E-state index is 12.2. The second-order valence-corrected chi connectivity index (χ2v) is 5.41. The minimum Gasteiger partial charge on any atom is -0.266 e. The van der Waals surface area contributed by atoms with Crippen molar-refractivity contribution in [3.63, 3.8) is 0 Å². The quantitative estimate of drug-likeness (QED) is 0.695. The SMILES string of the molecule is O=C1c2ccccc2C(=O)N1OCc1ccc2ccccc2c1. The molecule has 0 bridgehead atoms. The van der Waals surface area contributed by atoms with Crippen LogP contribution in [0.5, 0.6) is 0 Å². The van der Waals surface area contributed by atoms with Crippen molar-refractivity contribution in [3.8, 4) is 0 Å². The summed E-state index contributed by atoms with van der Waals surface area (Å²) in [6.07, 6.45) is 0. The van der Waals surface area contributed by atoms with Crippen LogP contribution in [-0.4, -0.2) is 16.9 Å². The highest BCUT2D eigenvalue weighted by Crippen LogP contribution is 2.24. The summed E-state index contributed by atoms with van der Waals surface area (Å²) >= 11 is 0. The topological polar surface area (TPSA) is 46.6 Å². The number of hydroxylamine groups is 2. The Bertz CT molecular complexity index is 898. The van der Waals surface area contributed by atoms with E-state index in [0.717, 1.165) is 21.4 Å². The van der Waals surface area contributed by atoms with Gasteiger partial charge in [0.2, 0.25) is 0 Å². The number of hydrogen-bond donors (Lipinski definition) is 0. The number of rotatable bonds is 3. The predicted molar refractivity (Wildman–Crippen MR) is 85.7 cm³/mol. The Morgan fingerprint density at radius 3 is 2.04 bits per heavy atom. The van der Waals surface area contributed by atoms with E-state index >= 15 is 0 Å². The third-order valence-electron chi connectivity index (χ3n) is 3.93. The maximum Gasteiger partial charge on any atom is 0.285 e. The first-order valence-corrected chi connectivity index (χ1v) is 7.32. The van der Waals surface area contributed by atoms with E-state index in [4.69, 9.17) is 4.84 Å². The molecule has 0 aromatic heterocycles. The van der Waals surface area contributed by atoms with E-state index in [1.165, 1.54) is 0 Å². The smallest absolute Gasteiger partial charge is 0.266 e. The summed E-state index contributed by atoms with van der Waals surface area (Å²) in [5, 5.41) is 3.08. The lowest BCUT2D eigenvalue weighted by Crippen LogP contribution is -2.29. The Morgan fingerprint density at radius 2 is 1.35 bits per heavy atom. The van der Waals surface area contributed by atoms with Crippen molar-refractivity contribution in [2.24, 2.45) is 0 Å². The molecule has 0 unspecified atom stereocenters. The number of nitrogens with zero attached hydrogens (tertiary/aromatic N) is 1. The Balaban J connectivity index is 1.55. The first-order valence-electron chi connectivity index (χ1n) is 7.32.